The number of rotatable bonds is 8. The van der Waals surface area contributed by atoms with Gasteiger partial charge in [0.25, 0.3) is 11.6 Å². The predicted molar refractivity (Wildman–Crippen MR) is 122 cm³/mol. The van der Waals surface area contributed by atoms with E-state index in [1.165, 1.54) is 25.5 Å². The van der Waals surface area contributed by atoms with Crippen LogP contribution < -0.4 is 14.9 Å². The molecular weight excluding hydrogens is 457 g/mol. The standard InChI is InChI=1S/C22H17Cl2N3O5/c1-31-21-9-6-17(27(29)30)11-19(21)22(28)26-25-12-14-2-7-18(8-3-14)32-13-15-4-5-16(23)10-20(15)24/h2-12H,13H2,1H3,(H,26,28)/b25-12-. The number of methoxy groups -OCH3 is 1. The Morgan fingerprint density at radius 2 is 1.88 bits per heavy atom. The average Bonchev–Trinajstić information content (AvgIpc) is 2.78. The number of hydrazone groups is 1. The van der Waals surface area contributed by atoms with E-state index in [-0.39, 0.29) is 23.6 Å². The number of carbonyl (C=O) groups is 1. The molecule has 32 heavy (non-hydrogen) atoms. The molecular formula is C22H17Cl2N3O5. The van der Waals surface area contributed by atoms with Gasteiger partial charge in [0.15, 0.2) is 0 Å². The van der Waals surface area contributed by atoms with Crippen LogP contribution >= 0.6 is 23.2 Å². The van der Waals surface area contributed by atoms with Gasteiger partial charge in [0.2, 0.25) is 0 Å². The molecule has 0 heterocycles. The van der Waals surface area contributed by atoms with Crippen molar-refractivity contribution < 1.29 is 19.2 Å². The molecule has 164 valence electrons. The van der Waals surface area contributed by atoms with Crippen molar-refractivity contribution >= 4 is 41.0 Å². The third kappa shape index (κ3) is 5.96. The lowest BCUT2D eigenvalue weighted by molar-refractivity contribution is -0.384. The second-order valence-electron chi connectivity index (χ2n) is 6.43. The highest BCUT2D eigenvalue weighted by Gasteiger charge is 2.17. The summed E-state index contributed by atoms with van der Waals surface area (Å²) in [5.74, 6) is 0.186. The Labute approximate surface area is 193 Å². The van der Waals surface area contributed by atoms with E-state index >= 15 is 0 Å². The lowest BCUT2D eigenvalue weighted by Gasteiger charge is -2.08. The molecule has 0 saturated heterocycles. The monoisotopic (exact) mass is 473 g/mol. The average molecular weight is 474 g/mol. The Balaban J connectivity index is 1.59. The summed E-state index contributed by atoms with van der Waals surface area (Å²) in [4.78, 5) is 22.7. The van der Waals surface area contributed by atoms with Gasteiger partial charge in [-0.15, -0.1) is 0 Å². The molecule has 0 atom stereocenters. The van der Waals surface area contributed by atoms with E-state index in [0.29, 0.717) is 21.4 Å². The van der Waals surface area contributed by atoms with E-state index in [1.807, 2.05) is 0 Å². The van der Waals surface area contributed by atoms with Crippen molar-refractivity contribution in [3.8, 4) is 11.5 Å². The number of ether oxygens (including phenoxy) is 2. The zero-order chi connectivity index (χ0) is 23.1. The smallest absolute Gasteiger partial charge is 0.275 e. The van der Waals surface area contributed by atoms with Gasteiger partial charge in [0, 0.05) is 27.7 Å². The van der Waals surface area contributed by atoms with E-state index in [9.17, 15) is 14.9 Å². The van der Waals surface area contributed by atoms with E-state index in [2.05, 4.69) is 10.5 Å². The summed E-state index contributed by atoms with van der Waals surface area (Å²) in [7, 11) is 1.37. The van der Waals surface area contributed by atoms with Gasteiger partial charge < -0.3 is 9.47 Å². The van der Waals surface area contributed by atoms with Crippen LogP contribution in [0, 0.1) is 10.1 Å². The van der Waals surface area contributed by atoms with E-state index in [1.54, 1.807) is 42.5 Å². The first kappa shape index (κ1) is 23.1. The Bertz CT molecular complexity index is 1170. The lowest BCUT2D eigenvalue weighted by Crippen LogP contribution is -2.18. The molecule has 3 rings (SSSR count). The number of hydrogen-bond acceptors (Lipinski definition) is 6. The van der Waals surface area contributed by atoms with Gasteiger partial charge in [0.1, 0.15) is 18.1 Å². The van der Waals surface area contributed by atoms with Crippen molar-refractivity contribution in [1.29, 1.82) is 0 Å². The van der Waals surface area contributed by atoms with Gasteiger partial charge in [-0.3, -0.25) is 14.9 Å². The molecule has 0 bridgehead atoms. The fraction of sp³-hybridized carbons (Fsp3) is 0.0909. The molecule has 8 nitrogen and oxygen atoms in total. The first-order valence-electron chi connectivity index (χ1n) is 9.20. The normalized spacial score (nSPS) is 10.7. The summed E-state index contributed by atoms with van der Waals surface area (Å²) >= 11 is 12.0. The van der Waals surface area contributed by atoms with Gasteiger partial charge in [-0.1, -0.05) is 29.3 Å². The van der Waals surface area contributed by atoms with Crippen LogP contribution in [0.5, 0.6) is 11.5 Å². The number of hydrogen-bond donors (Lipinski definition) is 1. The molecule has 0 saturated carbocycles. The van der Waals surface area contributed by atoms with Crippen molar-refractivity contribution in [1.82, 2.24) is 5.43 Å². The zero-order valence-corrected chi connectivity index (χ0v) is 18.3. The van der Waals surface area contributed by atoms with Crippen LogP contribution in [0.4, 0.5) is 5.69 Å². The topological polar surface area (TPSA) is 103 Å². The molecule has 0 aliphatic heterocycles. The van der Waals surface area contributed by atoms with Crippen LogP contribution in [0.2, 0.25) is 10.0 Å². The summed E-state index contributed by atoms with van der Waals surface area (Å²) in [6.07, 6.45) is 1.43. The van der Waals surface area contributed by atoms with Crippen LogP contribution in [0.25, 0.3) is 0 Å². The first-order valence-corrected chi connectivity index (χ1v) is 9.95. The number of benzene rings is 3. The van der Waals surface area contributed by atoms with Gasteiger partial charge in [-0.25, -0.2) is 5.43 Å². The molecule has 0 spiro atoms. The second-order valence-corrected chi connectivity index (χ2v) is 7.28. The molecule has 0 radical (unpaired) electrons. The summed E-state index contributed by atoms with van der Waals surface area (Å²) in [5, 5.41) is 15.9. The Hall–Kier alpha value is -3.62. The molecule has 0 aliphatic rings. The van der Waals surface area contributed by atoms with E-state index < -0.39 is 10.8 Å². The molecule has 0 fully saturated rings. The number of nitro benzene ring substituents is 1. The van der Waals surface area contributed by atoms with E-state index in [0.717, 1.165) is 11.6 Å². The maximum absolute atomic E-state index is 12.3. The third-order valence-corrected chi connectivity index (χ3v) is 4.89. The minimum Gasteiger partial charge on any atom is -0.496 e. The van der Waals surface area contributed by atoms with Crippen molar-refractivity contribution in [2.24, 2.45) is 5.10 Å². The predicted octanol–water partition coefficient (Wildman–Crippen LogP) is 5.25. The summed E-state index contributed by atoms with van der Waals surface area (Å²) < 4.78 is 10.8. The number of nitro groups is 1. The Kier molecular flexibility index (Phi) is 7.64. The minimum absolute atomic E-state index is 0.00320. The van der Waals surface area contributed by atoms with Crippen molar-refractivity contribution in [2.75, 3.05) is 7.11 Å². The maximum Gasteiger partial charge on any atom is 0.275 e. The molecule has 3 aromatic carbocycles. The molecule has 3 aromatic rings. The fourth-order valence-electron chi connectivity index (χ4n) is 2.66. The summed E-state index contributed by atoms with van der Waals surface area (Å²) in [6, 6.07) is 15.9. The quantitative estimate of drug-likeness (QED) is 0.273. The zero-order valence-electron chi connectivity index (χ0n) is 16.7. The number of nitrogens with one attached hydrogen (secondary N) is 1. The molecule has 0 aliphatic carbocycles. The van der Waals surface area contributed by atoms with Crippen molar-refractivity contribution in [3.63, 3.8) is 0 Å². The van der Waals surface area contributed by atoms with Gasteiger partial charge in [-0.05, 0) is 48.0 Å². The number of amides is 1. The first-order chi connectivity index (χ1) is 15.4. The molecule has 1 amide bonds. The molecule has 1 N–H and O–H groups in total. The number of halogens is 2. The number of nitrogens with zero attached hydrogens (tertiary/aromatic N) is 2. The van der Waals surface area contributed by atoms with E-state index in [4.69, 9.17) is 32.7 Å². The highest BCUT2D eigenvalue weighted by Crippen LogP contribution is 2.24. The third-order valence-electron chi connectivity index (χ3n) is 4.31. The lowest BCUT2D eigenvalue weighted by atomic mass is 10.1. The van der Waals surface area contributed by atoms with Gasteiger partial charge in [0.05, 0.1) is 23.8 Å². The highest BCUT2D eigenvalue weighted by molar-refractivity contribution is 6.35. The highest BCUT2D eigenvalue weighted by atomic mass is 35.5. The summed E-state index contributed by atoms with van der Waals surface area (Å²) in [5.41, 5.74) is 3.62. The van der Waals surface area contributed by atoms with Gasteiger partial charge >= 0.3 is 0 Å². The minimum atomic E-state index is -0.637. The van der Waals surface area contributed by atoms with Crippen molar-refractivity contribution in [2.45, 2.75) is 6.61 Å². The molecule has 0 aromatic heterocycles. The Morgan fingerprint density at radius 1 is 1.12 bits per heavy atom. The summed E-state index contributed by atoms with van der Waals surface area (Å²) in [6.45, 7) is 0.282. The van der Waals surface area contributed by atoms with Crippen LogP contribution in [0.15, 0.2) is 65.8 Å². The Morgan fingerprint density at radius 3 is 2.53 bits per heavy atom. The van der Waals surface area contributed by atoms with Gasteiger partial charge in [-0.2, -0.15) is 5.10 Å². The van der Waals surface area contributed by atoms with Crippen LogP contribution in [0.3, 0.4) is 0 Å². The van der Waals surface area contributed by atoms with Crippen molar-refractivity contribution in [3.05, 3.63) is 97.5 Å². The number of carbonyl (C=O) groups excluding carboxylic acids is 1. The maximum atomic E-state index is 12.3. The van der Waals surface area contributed by atoms with Crippen LogP contribution in [0.1, 0.15) is 21.5 Å². The van der Waals surface area contributed by atoms with Crippen LogP contribution in [-0.4, -0.2) is 24.2 Å². The fourth-order valence-corrected chi connectivity index (χ4v) is 3.13. The van der Waals surface area contributed by atoms with Crippen LogP contribution in [-0.2, 0) is 6.61 Å². The second kappa shape index (κ2) is 10.6. The molecule has 10 heteroatoms. The number of non-ortho nitro benzene ring substituents is 1. The largest absolute Gasteiger partial charge is 0.496 e. The SMILES string of the molecule is COc1ccc([N+](=O)[O-])cc1C(=O)N/N=C\c1ccc(OCc2ccc(Cl)cc2Cl)cc1. The molecule has 0 unspecified atom stereocenters.